The van der Waals surface area contributed by atoms with E-state index in [1.807, 2.05) is 0 Å². The smallest absolute Gasteiger partial charge is 0.306 e. The lowest BCUT2D eigenvalue weighted by atomic mass is 9.91. The molecule has 0 spiro atoms. The van der Waals surface area contributed by atoms with Gasteiger partial charge in [0.15, 0.2) is 11.9 Å². The third-order valence-corrected chi connectivity index (χ3v) is 15.8. The number of amides is 2. The highest BCUT2D eigenvalue weighted by Gasteiger charge is 2.29. The van der Waals surface area contributed by atoms with Crippen LogP contribution < -0.4 is 16.0 Å². The maximum Gasteiger partial charge on any atom is 0.306 e. The van der Waals surface area contributed by atoms with Crippen molar-refractivity contribution < 1.29 is 67.6 Å². The zero-order valence-corrected chi connectivity index (χ0v) is 54.0. The lowest BCUT2D eigenvalue weighted by Gasteiger charge is -2.21. The Morgan fingerprint density at radius 1 is 0.388 bits per heavy atom. The molecule has 5 N–H and O–H groups in total. The summed E-state index contributed by atoms with van der Waals surface area (Å²) < 4.78 is 16.6. The molecule has 85 heavy (non-hydrogen) atoms. The van der Waals surface area contributed by atoms with Crippen molar-refractivity contribution in [2.75, 3.05) is 32.8 Å². The maximum absolute atomic E-state index is 13.6. The minimum atomic E-state index is -1.33. The molecule has 0 saturated carbocycles. The van der Waals surface area contributed by atoms with Crippen LogP contribution in [0.25, 0.3) is 0 Å². The van der Waals surface area contributed by atoms with E-state index < -0.39 is 97.8 Å². The van der Waals surface area contributed by atoms with Gasteiger partial charge in [-0.15, -0.1) is 0 Å². The number of carboxylic acids is 2. The van der Waals surface area contributed by atoms with Crippen molar-refractivity contribution in [2.24, 2.45) is 5.92 Å². The minimum Gasteiger partial charge on any atom is -0.481 e. The Morgan fingerprint density at radius 3 is 1.20 bits per heavy atom. The molecule has 17 nitrogen and oxygen atoms in total. The molecule has 0 bridgehead atoms. The fraction of sp³-hybridized carbons (Fsp3) is 0.868. The van der Waals surface area contributed by atoms with E-state index in [-0.39, 0.29) is 51.0 Å². The summed E-state index contributed by atoms with van der Waals surface area (Å²) in [6, 6.07) is -1.33. The Balaban J connectivity index is 5.18. The van der Waals surface area contributed by atoms with Gasteiger partial charge >= 0.3 is 29.8 Å². The second-order valence-electron chi connectivity index (χ2n) is 24.1. The van der Waals surface area contributed by atoms with Crippen LogP contribution in [0.2, 0.25) is 0 Å². The van der Waals surface area contributed by atoms with Crippen LogP contribution in [0.4, 0.5) is 0 Å². The van der Waals surface area contributed by atoms with Crippen molar-refractivity contribution >= 4 is 53.2 Å². The lowest BCUT2D eigenvalue weighted by molar-refractivity contribution is -0.167. The first-order valence-electron chi connectivity index (χ1n) is 34.4. The number of hydrogen-bond donors (Lipinski definition) is 5. The largest absolute Gasteiger partial charge is 0.481 e. The molecule has 2 amide bonds. The predicted molar refractivity (Wildman–Crippen MR) is 337 cm³/mol. The number of ketones is 2. The van der Waals surface area contributed by atoms with Gasteiger partial charge in [-0.1, -0.05) is 226 Å². The summed E-state index contributed by atoms with van der Waals surface area (Å²) in [4.78, 5) is 113. The number of nitrogens with one attached hydrogen (secondary N) is 3. The van der Waals surface area contributed by atoms with E-state index in [1.54, 1.807) is 6.92 Å². The third-order valence-electron chi connectivity index (χ3n) is 15.8. The van der Waals surface area contributed by atoms with Crippen molar-refractivity contribution in [3.63, 3.8) is 0 Å². The van der Waals surface area contributed by atoms with Crippen molar-refractivity contribution in [3.8, 4) is 0 Å². The number of Topliss-reactive ketones (excluding diaryl/α,β-unsaturated/α-hetero) is 2. The van der Waals surface area contributed by atoms with Gasteiger partial charge in [0.2, 0.25) is 11.8 Å². The van der Waals surface area contributed by atoms with E-state index in [2.05, 4.69) is 29.8 Å². The Bertz CT molecular complexity index is 1730. The third kappa shape index (κ3) is 57.1. The van der Waals surface area contributed by atoms with Crippen molar-refractivity contribution in [1.82, 2.24) is 16.0 Å². The van der Waals surface area contributed by atoms with Gasteiger partial charge in [-0.25, -0.2) is 0 Å². The van der Waals surface area contributed by atoms with Crippen molar-refractivity contribution in [2.45, 2.75) is 341 Å². The number of carboxylic acid groups (broad SMARTS) is 2. The summed E-state index contributed by atoms with van der Waals surface area (Å²) in [5.41, 5.74) is 0. The number of carbonyl (C=O) groups excluding carboxylic acids is 7. The van der Waals surface area contributed by atoms with E-state index in [1.165, 1.54) is 141 Å². The molecule has 0 aromatic rings. The molecule has 0 radical (unpaired) electrons. The molecule has 0 rings (SSSR count). The lowest BCUT2D eigenvalue weighted by Crippen LogP contribution is -2.43. The fourth-order valence-corrected chi connectivity index (χ4v) is 10.4. The van der Waals surface area contributed by atoms with Crippen LogP contribution in [0.3, 0.4) is 0 Å². The maximum atomic E-state index is 13.6. The summed E-state index contributed by atoms with van der Waals surface area (Å²) in [5.74, 6) is -6.86. The van der Waals surface area contributed by atoms with Crippen LogP contribution in [-0.2, 0) is 57.4 Å². The average Bonchev–Trinajstić information content (AvgIpc) is 3.51. The van der Waals surface area contributed by atoms with E-state index >= 15 is 0 Å². The van der Waals surface area contributed by atoms with Gasteiger partial charge in [-0.05, 0) is 65.0 Å². The first kappa shape index (κ1) is 80.6. The molecule has 494 valence electrons. The minimum absolute atomic E-state index is 0.151. The van der Waals surface area contributed by atoms with Crippen LogP contribution in [0.5, 0.6) is 0 Å². The Morgan fingerprint density at radius 2 is 0.765 bits per heavy atom. The molecule has 0 aliphatic heterocycles. The molecular weight excluding hydrogens is 1080 g/mol. The molecule has 0 aliphatic rings. The van der Waals surface area contributed by atoms with Crippen LogP contribution >= 0.6 is 0 Å². The zero-order chi connectivity index (χ0) is 62.6. The second-order valence-corrected chi connectivity index (χ2v) is 24.1. The number of unbranched alkanes of at least 4 members (excludes halogenated alkanes) is 34. The molecule has 3 atom stereocenters. The van der Waals surface area contributed by atoms with Gasteiger partial charge in [-0.3, -0.25) is 38.4 Å². The Kier molecular flexibility index (Phi) is 56.8. The van der Waals surface area contributed by atoms with E-state index in [0.29, 0.717) is 32.2 Å². The Labute approximate surface area is 514 Å². The summed E-state index contributed by atoms with van der Waals surface area (Å²) >= 11 is 0. The summed E-state index contributed by atoms with van der Waals surface area (Å²) in [5, 5.41) is 27.5. The quantitative estimate of drug-likeness (QED) is 0.0215. The highest BCUT2D eigenvalue weighted by Crippen LogP contribution is 2.19. The van der Waals surface area contributed by atoms with E-state index in [4.69, 9.17) is 14.2 Å². The Hall–Kier alpha value is -4.41. The van der Waals surface area contributed by atoms with Crippen LogP contribution in [0.1, 0.15) is 329 Å². The van der Waals surface area contributed by atoms with Crippen LogP contribution in [-0.4, -0.2) is 108 Å². The van der Waals surface area contributed by atoms with E-state index in [0.717, 1.165) is 90.0 Å². The topological polar surface area (TPSA) is 258 Å². The summed E-state index contributed by atoms with van der Waals surface area (Å²) in [6.07, 6.45) is 41.4. The molecule has 0 aliphatic carbocycles. The zero-order valence-electron chi connectivity index (χ0n) is 54.0. The first-order chi connectivity index (χ1) is 41.2. The normalized spacial score (nSPS) is 12.3. The number of carbonyl (C=O) groups is 9. The highest BCUT2D eigenvalue weighted by atomic mass is 16.6. The molecule has 17 heteroatoms. The van der Waals surface area contributed by atoms with Crippen molar-refractivity contribution in [3.05, 3.63) is 0 Å². The standard InChI is InChI=1S/C68H123N3O14/c1-4-6-8-10-12-14-16-18-20-22-24-26-30-34-38-43-65(79)83-55-59(85-67(81)44-39-35-31-27-25-23-21-19-17-15-13-11-9-7-5-2)56-84-66(80)50-47-62(74)71-60(46-49-64(77)78)61(73)54-58(45-48-63(75)76)68(82)70-53-41-52-69-51-40-36-32-28-29-33-37-42-57(3)72/h58-60,69H,4-56H2,1-3H3,(H,70,82)(H,71,74)(H,75,76)(H,77,78). The summed E-state index contributed by atoms with van der Waals surface area (Å²) in [7, 11) is 0. The van der Waals surface area contributed by atoms with Gasteiger partial charge in [0, 0.05) is 57.4 Å². The van der Waals surface area contributed by atoms with Crippen LogP contribution in [0, 0.1) is 5.92 Å². The van der Waals surface area contributed by atoms with Gasteiger partial charge in [-0.2, -0.15) is 0 Å². The highest BCUT2D eigenvalue weighted by molar-refractivity contribution is 5.93. The molecule has 3 unspecified atom stereocenters. The van der Waals surface area contributed by atoms with E-state index in [9.17, 15) is 53.4 Å². The monoisotopic (exact) mass is 1210 g/mol. The van der Waals surface area contributed by atoms with Crippen LogP contribution in [0.15, 0.2) is 0 Å². The number of rotatable bonds is 65. The molecule has 0 aromatic carbocycles. The number of esters is 3. The number of ether oxygens (including phenoxy) is 3. The van der Waals surface area contributed by atoms with Gasteiger partial charge in [0.05, 0.1) is 12.5 Å². The fourth-order valence-electron chi connectivity index (χ4n) is 10.4. The van der Waals surface area contributed by atoms with Gasteiger partial charge < -0.3 is 45.2 Å². The van der Waals surface area contributed by atoms with Gasteiger partial charge in [0.25, 0.3) is 0 Å². The molecule has 0 fully saturated rings. The second kappa shape index (κ2) is 59.9. The number of hydrogen-bond acceptors (Lipinski definition) is 13. The molecule has 0 aromatic heterocycles. The van der Waals surface area contributed by atoms with Gasteiger partial charge in [0.1, 0.15) is 19.0 Å². The summed E-state index contributed by atoms with van der Waals surface area (Å²) in [6.45, 7) is 7.14. The van der Waals surface area contributed by atoms with Crippen molar-refractivity contribution in [1.29, 1.82) is 0 Å². The molecular formula is C68H123N3O14. The average molecular weight is 1210 g/mol. The molecule has 0 saturated heterocycles. The molecule has 0 heterocycles. The SMILES string of the molecule is CCCCCCCCCCCCCCCCCC(=O)OCC(COC(=O)CCC(=O)NC(CCC(=O)O)C(=O)CC(CCC(=O)O)C(=O)NCCCNCCCCCCCCCC(C)=O)OC(=O)CCCCCCCCCCCCCCCCC. The predicted octanol–water partition coefficient (Wildman–Crippen LogP) is 14.9. The number of aliphatic carboxylic acids is 2. The first-order valence-corrected chi connectivity index (χ1v) is 34.4.